The van der Waals surface area contributed by atoms with Gasteiger partial charge in [0.25, 0.3) is 0 Å². The first-order valence-corrected chi connectivity index (χ1v) is 9.04. The minimum Gasteiger partial charge on any atom is -0.356 e. The Balaban J connectivity index is 1.79. The van der Waals surface area contributed by atoms with E-state index in [9.17, 15) is 0 Å². The highest BCUT2D eigenvalue weighted by Gasteiger charge is 2.26. The molecule has 1 aliphatic heterocycles. The Morgan fingerprint density at radius 1 is 1.10 bits per heavy atom. The lowest BCUT2D eigenvalue weighted by molar-refractivity contribution is 0.437. The minimum atomic E-state index is 0.817. The summed E-state index contributed by atoms with van der Waals surface area (Å²) in [6, 6.07) is 0. The molecular weight excluding hydrogens is 278 g/mol. The van der Waals surface area contributed by atoms with E-state index in [1.165, 1.54) is 48.1 Å². The summed E-state index contributed by atoms with van der Waals surface area (Å²) in [7, 11) is 0. The van der Waals surface area contributed by atoms with Gasteiger partial charge in [-0.1, -0.05) is 13.8 Å². The molecule has 2 aromatic heterocycles. The molecule has 112 valence electrons. The molecule has 0 spiro atoms. The van der Waals surface area contributed by atoms with Gasteiger partial charge in [0.1, 0.15) is 17.0 Å². The van der Waals surface area contributed by atoms with Crippen molar-refractivity contribution in [3.05, 3.63) is 16.8 Å². The van der Waals surface area contributed by atoms with Crippen molar-refractivity contribution in [1.82, 2.24) is 9.97 Å². The Labute approximate surface area is 130 Å². The molecule has 21 heavy (non-hydrogen) atoms. The van der Waals surface area contributed by atoms with Gasteiger partial charge in [0.2, 0.25) is 0 Å². The fourth-order valence-corrected chi connectivity index (χ4v) is 5.06. The standard InChI is InChI=1S/C17H23N3S/c1-11-5-7-20(8-6-11)16-15-13-4-3-12(2)9-14(13)21-17(15)19-10-18-16/h10-12H,3-9H2,1-2H3/t12-/m0/s1. The third-order valence-electron chi connectivity index (χ3n) is 5.15. The van der Waals surface area contributed by atoms with E-state index >= 15 is 0 Å². The third-order valence-corrected chi connectivity index (χ3v) is 6.32. The summed E-state index contributed by atoms with van der Waals surface area (Å²) in [6.07, 6.45) is 8.09. The lowest BCUT2D eigenvalue weighted by Crippen LogP contribution is -2.33. The summed E-state index contributed by atoms with van der Waals surface area (Å²) >= 11 is 1.90. The Bertz CT molecular complexity index is 655. The van der Waals surface area contributed by atoms with Gasteiger partial charge in [-0.3, -0.25) is 0 Å². The highest BCUT2D eigenvalue weighted by atomic mass is 32.1. The number of rotatable bonds is 1. The molecule has 0 radical (unpaired) electrons. The number of aromatic nitrogens is 2. The summed E-state index contributed by atoms with van der Waals surface area (Å²) in [4.78, 5) is 14.5. The molecule has 4 heteroatoms. The maximum absolute atomic E-state index is 4.68. The van der Waals surface area contributed by atoms with Crippen LogP contribution in [0.3, 0.4) is 0 Å². The van der Waals surface area contributed by atoms with Gasteiger partial charge in [-0.25, -0.2) is 9.97 Å². The van der Waals surface area contributed by atoms with Crippen LogP contribution in [0.25, 0.3) is 10.2 Å². The molecule has 1 saturated heterocycles. The number of nitrogens with zero attached hydrogens (tertiary/aromatic N) is 3. The van der Waals surface area contributed by atoms with Crippen LogP contribution in [0.4, 0.5) is 5.82 Å². The predicted octanol–water partition coefficient (Wildman–Crippen LogP) is 4.05. The van der Waals surface area contributed by atoms with Crippen molar-refractivity contribution in [2.24, 2.45) is 11.8 Å². The summed E-state index contributed by atoms with van der Waals surface area (Å²) < 4.78 is 0. The molecule has 1 fully saturated rings. The Kier molecular flexibility index (Phi) is 3.37. The van der Waals surface area contributed by atoms with Gasteiger partial charge >= 0.3 is 0 Å². The van der Waals surface area contributed by atoms with Gasteiger partial charge in [0.05, 0.1) is 5.39 Å². The molecule has 0 aromatic carbocycles. The minimum absolute atomic E-state index is 0.817. The fourth-order valence-electron chi connectivity index (χ4n) is 3.72. The molecule has 2 aliphatic rings. The van der Waals surface area contributed by atoms with Crippen LogP contribution in [0.15, 0.2) is 6.33 Å². The van der Waals surface area contributed by atoms with E-state index in [0.29, 0.717) is 0 Å². The van der Waals surface area contributed by atoms with Crippen molar-refractivity contribution < 1.29 is 0 Å². The molecule has 1 aliphatic carbocycles. The molecule has 4 rings (SSSR count). The topological polar surface area (TPSA) is 29.0 Å². The first-order valence-electron chi connectivity index (χ1n) is 8.22. The van der Waals surface area contributed by atoms with Crippen LogP contribution in [-0.2, 0) is 12.8 Å². The van der Waals surface area contributed by atoms with Crippen molar-refractivity contribution in [3.8, 4) is 0 Å². The quantitative estimate of drug-likeness (QED) is 0.795. The van der Waals surface area contributed by atoms with E-state index in [1.807, 2.05) is 11.3 Å². The Hall–Kier alpha value is -1.16. The molecule has 0 amide bonds. The molecule has 0 unspecified atom stereocenters. The van der Waals surface area contributed by atoms with Gasteiger partial charge in [-0.15, -0.1) is 11.3 Å². The number of hydrogen-bond donors (Lipinski definition) is 0. The third kappa shape index (κ3) is 2.33. The van der Waals surface area contributed by atoms with Gasteiger partial charge in [0, 0.05) is 18.0 Å². The zero-order chi connectivity index (χ0) is 14.4. The van der Waals surface area contributed by atoms with Crippen molar-refractivity contribution in [3.63, 3.8) is 0 Å². The van der Waals surface area contributed by atoms with Gasteiger partial charge in [0.15, 0.2) is 0 Å². The number of aryl methyl sites for hydroxylation is 1. The van der Waals surface area contributed by atoms with E-state index in [1.54, 1.807) is 16.8 Å². The molecular formula is C17H23N3S. The second-order valence-corrected chi connectivity index (χ2v) is 7.98. The van der Waals surface area contributed by atoms with E-state index < -0.39 is 0 Å². The summed E-state index contributed by atoms with van der Waals surface area (Å²) in [5.74, 6) is 2.88. The number of thiophene rings is 1. The average molecular weight is 301 g/mol. The summed E-state index contributed by atoms with van der Waals surface area (Å²) in [5, 5.41) is 1.37. The maximum Gasteiger partial charge on any atom is 0.141 e. The van der Waals surface area contributed by atoms with Crippen LogP contribution >= 0.6 is 11.3 Å². The first kappa shape index (κ1) is 13.5. The molecule has 3 heterocycles. The highest BCUT2D eigenvalue weighted by Crippen LogP contribution is 2.41. The van der Waals surface area contributed by atoms with E-state index in [2.05, 4.69) is 28.7 Å². The van der Waals surface area contributed by atoms with Gasteiger partial charge in [-0.2, -0.15) is 0 Å². The molecule has 0 saturated carbocycles. The molecule has 0 bridgehead atoms. The van der Waals surface area contributed by atoms with Crippen LogP contribution in [0.2, 0.25) is 0 Å². The van der Waals surface area contributed by atoms with Gasteiger partial charge < -0.3 is 4.90 Å². The van der Waals surface area contributed by atoms with Crippen molar-refractivity contribution in [2.75, 3.05) is 18.0 Å². The normalized spacial score (nSPS) is 23.5. The zero-order valence-electron chi connectivity index (χ0n) is 12.9. The number of anilines is 1. The smallest absolute Gasteiger partial charge is 0.141 e. The average Bonchev–Trinajstić information content (AvgIpc) is 2.85. The Morgan fingerprint density at radius 2 is 1.90 bits per heavy atom. The number of fused-ring (bicyclic) bond motifs is 3. The predicted molar refractivity (Wildman–Crippen MR) is 89.2 cm³/mol. The van der Waals surface area contributed by atoms with E-state index in [-0.39, 0.29) is 0 Å². The first-order chi connectivity index (χ1) is 10.2. The SMILES string of the molecule is CC1CCN(c2ncnc3sc4c(c23)CC[C@H](C)C4)CC1. The molecule has 3 nitrogen and oxygen atoms in total. The van der Waals surface area contributed by atoms with Gasteiger partial charge in [-0.05, 0) is 49.5 Å². The second kappa shape index (κ2) is 5.24. The largest absolute Gasteiger partial charge is 0.356 e. The fraction of sp³-hybridized carbons (Fsp3) is 0.647. The monoisotopic (exact) mass is 301 g/mol. The van der Waals surface area contributed by atoms with Crippen LogP contribution in [0.5, 0.6) is 0 Å². The summed E-state index contributed by atoms with van der Waals surface area (Å²) in [5.41, 5.74) is 1.56. The van der Waals surface area contributed by atoms with Crippen LogP contribution < -0.4 is 4.90 Å². The highest BCUT2D eigenvalue weighted by molar-refractivity contribution is 7.19. The van der Waals surface area contributed by atoms with Crippen molar-refractivity contribution >= 4 is 27.4 Å². The second-order valence-electron chi connectivity index (χ2n) is 6.90. The Morgan fingerprint density at radius 3 is 2.71 bits per heavy atom. The van der Waals surface area contributed by atoms with Crippen LogP contribution in [0.1, 0.15) is 43.6 Å². The van der Waals surface area contributed by atoms with E-state index in [0.717, 1.165) is 24.9 Å². The van der Waals surface area contributed by atoms with Crippen LogP contribution in [-0.4, -0.2) is 23.1 Å². The van der Waals surface area contributed by atoms with Crippen LogP contribution in [0, 0.1) is 11.8 Å². The zero-order valence-corrected chi connectivity index (χ0v) is 13.7. The van der Waals surface area contributed by atoms with Crippen molar-refractivity contribution in [2.45, 2.75) is 46.0 Å². The number of hydrogen-bond acceptors (Lipinski definition) is 4. The summed E-state index contributed by atoms with van der Waals surface area (Å²) in [6.45, 7) is 7.02. The van der Waals surface area contributed by atoms with E-state index in [4.69, 9.17) is 0 Å². The molecule has 1 atom stereocenters. The molecule has 0 N–H and O–H groups in total. The number of piperidine rings is 1. The van der Waals surface area contributed by atoms with Crippen molar-refractivity contribution in [1.29, 1.82) is 0 Å². The maximum atomic E-state index is 4.68. The molecule has 2 aromatic rings. The lowest BCUT2D eigenvalue weighted by atomic mass is 9.89. The lowest BCUT2D eigenvalue weighted by Gasteiger charge is -2.31.